The zero-order valence-corrected chi connectivity index (χ0v) is 15.0. The molecule has 1 fully saturated rings. The van der Waals surface area contributed by atoms with Crippen LogP contribution in [0.2, 0.25) is 0 Å². The Bertz CT molecular complexity index is 832. The van der Waals surface area contributed by atoms with Crippen molar-refractivity contribution in [1.29, 1.82) is 0 Å². The van der Waals surface area contributed by atoms with Crippen LogP contribution in [0.5, 0.6) is 0 Å². The first-order valence-corrected chi connectivity index (χ1v) is 9.79. The SMILES string of the molecule is O=C(CN1CCOCC1)Nc1ccc(NS(=O)(=O)c2ccccc2)cc1. The van der Waals surface area contributed by atoms with Gasteiger partial charge in [0.05, 0.1) is 24.7 Å². The van der Waals surface area contributed by atoms with E-state index in [1.54, 1.807) is 42.5 Å². The van der Waals surface area contributed by atoms with E-state index < -0.39 is 10.0 Å². The molecule has 2 N–H and O–H groups in total. The first kappa shape index (κ1) is 18.4. The highest BCUT2D eigenvalue weighted by Gasteiger charge is 2.15. The summed E-state index contributed by atoms with van der Waals surface area (Å²) < 4.78 is 32.4. The second-order valence-electron chi connectivity index (χ2n) is 5.93. The lowest BCUT2D eigenvalue weighted by Crippen LogP contribution is -2.41. The number of benzene rings is 2. The van der Waals surface area contributed by atoms with E-state index in [4.69, 9.17) is 4.74 Å². The van der Waals surface area contributed by atoms with Crippen LogP contribution < -0.4 is 10.0 Å². The molecule has 1 amide bonds. The van der Waals surface area contributed by atoms with Gasteiger partial charge in [0.25, 0.3) is 10.0 Å². The molecule has 1 saturated heterocycles. The van der Waals surface area contributed by atoms with Crippen molar-refractivity contribution in [3.05, 3.63) is 54.6 Å². The van der Waals surface area contributed by atoms with E-state index >= 15 is 0 Å². The first-order chi connectivity index (χ1) is 12.5. The molecule has 0 radical (unpaired) electrons. The molecule has 8 heteroatoms. The van der Waals surface area contributed by atoms with Gasteiger partial charge in [-0.05, 0) is 36.4 Å². The number of morpholine rings is 1. The maximum Gasteiger partial charge on any atom is 0.261 e. The van der Waals surface area contributed by atoms with Gasteiger partial charge in [0, 0.05) is 24.5 Å². The molecule has 0 aliphatic carbocycles. The average Bonchev–Trinajstić information content (AvgIpc) is 2.65. The Labute approximate surface area is 153 Å². The van der Waals surface area contributed by atoms with E-state index in [0.29, 0.717) is 31.1 Å². The van der Waals surface area contributed by atoms with Crippen LogP contribution in [-0.2, 0) is 19.6 Å². The lowest BCUT2D eigenvalue weighted by molar-refractivity contribution is -0.118. The largest absolute Gasteiger partial charge is 0.379 e. The van der Waals surface area contributed by atoms with Gasteiger partial charge in [-0.25, -0.2) is 8.42 Å². The van der Waals surface area contributed by atoms with E-state index in [2.05, 4.69) is 10.0 Å². The molecule has 0 atom stereocenters. The Kier molecular flexibility index (Phi) is 5.87. The summed E-state index contributed by atoms with van der Waals surface area (Å²) in [5.74, 6) is -0.107. The molecular formula is C18H21N3O4S. The van der Waals surface area contributed by atoms with Gasteiger partial charge in [-0.1, -0.05) is 18.2 Å². The summed E-state index contributed by atoms with van der Waals surface area (Å²) in [6, 6.07) is 14.7. The fourth-order valence-electron chi connectivity index (χ4n) is 2.60. The third-order valence-electron chi connectivity index (χ3n) is 3.95. The molecule has 3 rings (SSSR count). The van der Waals surface area contributed by atoms with Gasteiger partial charge in [0.1, 0.15) is 0 Å². The van der Waals surface area contributed by atoms with E-state index in [1.807, 2.05) is 4.90 Å². The Balaban J connectivity index is 1.57. The lowest BCUT2D eigenvalue weighted by Gasteiger charge is -2.25. The molecular weight excluding hydrogens is 354 g/mol. The molecule has 0 bridgehead atoms. The van der Waals surface area contributed by atoms with Crippen LogP contribution in [0.25, 0.3) is 0 Å². The summed E-state index contributed by atoms with van der Waals surface area (Å²) in [7, 11) is -3.62. The topological polar surface area (TPSA) is 87.7 Å². The van der Waals surface area contributed by atoms with Crippen LogP contribution in [0.3, 0.4) is 0 Å². The number of carbonyl (C=O) groups excluding carboxylic acids is 1. The first-order valence-electron chi connectivity index (χ1n) is 8.31. The summed E-state index contributed by atoms with van der Waals surface area (Å²) in [6.07, 6.45) is 0. The van der Waals surface area contributed by atoms with Crippen LogP contribution >= 0.6 is 0 Å². The van der Waals surface area contributed by atoms with Gasteiger partial charge in [-0.15, -0.1) is 0 Å². The van der Waals surface area contributed by atoms with E-state index in [1.165, 1.54) is 12.1 Å². The number of nitrogens with zero attached hydrogens (tertiary/aromatic N) is 1. The highest BCUT2D eigenvalue weighted by atomic mass is 32.2. The molecule has 138 valence electrons. The Hall–Kier alpha value is -2.42. The van der Waals surface area contributed by atoms with Crippen molar-refractivity contribution in [1.82, 2.24) is 4.90 Å². The fraction of sp³-hybridized carbons (Fsp3) is 0.278. The summed E-state index contributed by atoms with van der Waals surface area (Å²) in [4.78, 5) is 14.3. The highest BCUT2D eigenvalue weighted by molar-refractivity contribution is 7.92. The predicted molar refractivity (Wildman–Crippen MR) is 99.6 cm³/mol. The van der Waals surface area contributed by atoms with Crippen molar-refractivity contribution in [2.45, 2.75) is 4.90 Å². The van der Waals surface area contributed by atoms with E-state index in [-0.39, 0.29) is 10.8 Å². The number of anilines is 2. The highest BCUT2D eigenvalue weighted by Crippen LogP contribution is 2.18. The Morgan fingerprint density at radius 2 is 1.58 bits per heavy atom. The lowest BCUT2D eigenvalue weighted by atomic mass is 10.3. The molecule has 1 aliphatic rings. The molecule has 2 aromatic rings. The summed E-state index contributed by atoms with van der Waals surface area (Å²) >= 11 is 0. The van der Waals surface area contributed by atoms with Crippen molar-refractivity contribution in [3.63, 3.8) is 0 Å². The Morgan fingerprint density at radius 1 is 0.962 bits per heavy atom. The molecule has 2 aromatic carbocycles. The van der Waals surface area contributed by atoms with Gasteiger partial charge in [-0.2, -0.15) is 0 Å². The third-order valence-corrected chi connectivity index (χ3v) is 5.34. The van der Waals surface area contributed by atoms with Crippen LogP contribution in [0.1, 0.15) is 0 Å². The van der Waals surface area contributed by atoms with Gasteiger partial charge < -0.3 is 10.1 Å². The third kappa shape index (κ3) is 5.04. The maximum atomic E-state index is 12.3. The van der Waals surface area contributed by atoms with Gasteiger partial charge in [-0.3, -0.25) is 14.4 Å². The van der Waals surface area contributed by atoms with Crippen molar-refractivity contribution >= 4 is 27.3 Å². The molecule has 1 heterocycles. The number of amides is 1. The summed E-state index contributed by atoms with van der Waals surface area (Å²) in [5.41, 5.74) is 1.05. The van der Waals surface area contributed by atoms with Gasteiger partial charge in [0.15, 0.2) is 0 Å². The number of hydrogen-bond acceptors (Lipinski definition) is 5. The van der Waals surface area contributed by atoms with Crippen LogP contribution in [0.15, 0.2) is 59.5 Å². The van der Waals surface area contributed by atoms with Crippen molar-refractivity contribution in [3.8, 4) is 0 Å². The summed E-state index contributed by atoms with van der Waals surface area (Å²) in [5, 5.41) is 2.81. The number of rotatable bonds is 6. The molecule has 0 saturated carbocycles. The molecule has 7 nitrogen and oxygen atoms in total. The van der Waals surface area contributed by atoms with E-state index in [9.17, 15) is 13.2 Å². The number of carbonyl (C=O) groups is 1. The Morgan fingerprint density at radius 3 is 2.23 bits per heavy atom. The van der Waals surface area contributed by atoms with Crippen molar-refractivity contribution in [2.24, 2.45) is 0 Å². The number of hydrogen-bond donors (Lipinski definition) is 2. The molecule has 1 aliphatic heterocycles. The predicted octanol–water partition coefficient (Wildman–Crippen LogP) is 1.76. The van der Waals surface area contributed by atoms with Crippen LogP contribution in [0, 0.1) is 0 Å². The number of nitrogens with one attached hydrogen (secondary N) is 2. The smallest absolute Gasteiger partial charge is 0.261 e. The van der Waals surface area contributed by atoms with Crippen LogP contribution in [-0.4, -0.2) is 52.1 Å². The zero-order chi connectivity index (χ0) is 18.4. The second kappa shape index (κ2) is 8.31. The quantitative estimate of drug-likeness (QED) is 0.803. The minimum absolute atomic E-state index is 0.107. The minimum Gasteiger partial charge on any atom is -0.379 e. The zero-order valence-electron chi connectivity index (χ0n) is 14.2. The minimum atomic E-state index is -3.62. The number of sulfonamides is 1. The van der Waals surface area contributed by atoms with Gasteiger partial charge in [0.2, 0.25) is 5.91 Å². The van der Waals surface area contributed by atoms with Crippen molar-refractivity contribution < 1.29 is 17.9 Å². The maximum absolute atomic E-state index is 12.3. The molecule has 0 unspecified atom stereocenters. The number of ether oxygens (including phenoxy) is 1. The summed E-state index contributed by atoms with van der Waals surface area (Å²) in [6.45, 7) is 3.08. The van der Waals surface area contributed by atoms with Crippen molar-refractivity contribution in [2.75, 3.05) is 42.9 Å². The average molecular weight is 375 g/mol. The standard InChI is InChI=1S/C18H21N3O4S/c22-18(14-21-10-12-25-13-11-21)19-15-6-8-16(9-7-15)20-26(23,24)17-4-2-1-3-5-17/h1-9,20H,10-14H2,(H,19,22). The van der Waals surface area contributed by atoms with E-state index in [0.717, 1.165) is 13.1 Å². The second-order valence-corrected chi connectivity index (χ2v) is 7.62. The molecule has 0 spiro atoms. The normalized spacial score (nSPS) is 15.4. The monoisotopic (exact) mass is 375 g/mol. The fourth-order valence-corrected chi connectivity index (χ4v) is 3.68. The van der Waals surface area contributed by atoms with Crippen LogP contribution in [0.4, 0.5) is 11.4 Å². The molecule has 26 heavy (non-hydrogen) atoms. The van der Waals surface area contributed by atoms with Gasteiger partial charge >= 0.3 is 0 Å². The molecule has 0 aromatic heterocycles.